The lowest BCUT2D eigenvalue weighted by molar-refractivity contribution is -0.148. The second-order valence-electron chi connectivity index (χ2n) is 1.42. The minimum absolute atomic E-state index is 0.0648. The van der Waals surface area contributed by atoms with Crippen molar-refractivity contribution in [2.24, 2.45) is 5.29 Å². The second kappa shape index (κ2) is 2.00. The average molecular weight is 134 g/mol. The van der Waals surface area contributed by atoms with Crippen molar-refractivity contribution in [3.8, 4) is 0 Å². The van der Waals surface area contributed by atoms with E-state index >= 15 is 0 Å². The van der Waals surface area contributed by atoms with E-state index in [-0.39, 0.29) is 5.01 Å². The predicted molar refractivity (Wildman–Crippen MR) is 28.5 cm³/mol. The van der Waals surface area contributed by atoms with Crippen LogP contribution in [0.3, 0.4) is 0 Å². The first-order chi connectivity index (χ1) is 5.76. The molecule has 0 saturated carbocycles. The van der Waals surface area contributed by atoms with Crippen LogP contribution in [-0.4, -0.2) is 28.6 Å². The van der Waals surface area contributed by atoms with Crippen LogP contribution >= 0.6 is 0 Å². The molecule has 1 rings (SSSR count). The van der Waals surface area contributed by atoms with Crippen LogP contribution in [-0.2, 0) is 4.79 Å². The maximum absolute atomic E-state index is 10.4. The van der Waals surface area contributed by atoms with Gasteiger partial charge in [-0.15, -0.1) is 4.91 Å². The summed E-state index contributed by atoms with van der Waals surface area (Å²) in [6.45, 7) is -2.65. The van der Waals surface area contributed by atoms with E-state index in [0.717, 1.165) is 0 Å². The normalized spacial score (nSPS) is 42.7. The molecule has 1 N–H and O–H groups in total. The average Bonchev–Trinajstić information content (AvgIpc) is 1.97. The second-order valence-corrected chi connectivity index (χ2v) is 1.42. The SMILES string of the molecule is [2H]C1([2H])[C@@H](C(=O)O)N(N=O)C1([2H])[2H]. The van der Waals surface area contributed by atoms with Gasteiger partial charge in [0.15, 0.2) is 0 Å². The molecule has 5 heteroatoms. The minimum atomic E-state index is -2.65. The van der Waals surface area contributed by atoms with Gasteiger partial charge in [0.05, 0.1) is 8.03 Å². The maximum atomic E-state index is 10.4. The van der Waals surface area contributed by atoms with Gasteiger partial charge in [0.1, 0.15) is 6.04 Å². The molecular weight excluding hydrogens is 124 g/mol. The van der Waals surface area contributed by atoms with Crippen molar-refractivity contribution in [1.82, 2.24) is 5.01 Å². The Hall–Kier alpha value is -1.13. The van der Waals surface area contributed by atoms with Gasteiger partial charge >= 0.3 is 5.97 Å². The Labute approximate surface area is 56.8 Å². The van der Waals surface area contributed by atoms with Gasteiger partial charge in [-0.3, -0.25) is 0 Å². The first-order valence-corrected chi connectivity index (χ1v) is 2.12. The number of aliphatic carboxylic acids is 1. The van der Waals surface area contributed by atoms with E-state index in [2.05, 4.69) is 5.29 Å². The monoisotopic (exact) mass is 134 g/mol. The molecule has 9 heavy (non-hydrogen) atoms. The van der Waals surface area contributed by atoms with Crippen LogP contribution in [0, 0.1) is 4.91 Å². The van der Waals surface area contributed by atoms with Crippen molar-refractivity contribution in [2.75, 3.05) is 6.50 Å². The highest BCUT2D eigenvalue weighted by Crippen LogP contribution is 2.16. The Morgan fingerprint density at radius 2 is 2.67 bits per heavy atom. The molecule has 50 valence electrons. The van der Waals surface area contributed by atoms with Crippen molar-refractivity contribution < 1.29 is 15.4 Å². The number of carbonyl (C=O) groups is 1. The van der Waals surface area contributed by atoms with Crippen molar-refractivity contribution in [1.29, 1.82) is 0 Å². The zero-order valence-corrected chi connectivity index (χ0v) is 4.24. The standard InChI is InChI=1S/C4H6N2O3/c7-4(8)3-1-2-6(3)5-9/h3H,1-2H2,(H,7,8)/t3-/m0/s1/i1D2,2D2. The van der Waals surface area contributed by atoms with Crippen molar-refractivity contribution in [3.63, 3.8) is 0 Å². The van der Waals surface area contributed by atoms with Crippen LogP contribution in [0.4, 0.5) is 0 Å². The van der Waals surface area contributed by atoms with E-state index in [1.54, 1.807) is 0 Å². The number of hydrogen-bond donors (Lipinski definition) is 1. The van der Waals surface area contributed by atoms with E-state index in [0.29, 0.717) is 0 Å². The van der Waals surface area contributed by atoms with Gasteiger partial charge in [0, 0.05) is 9.24 Å². The Bertz CT molecular complexity index is 268. The third kappa shape index (κ3) is 0.847. The largest absolute Gasteiger partial charge is 0.480 e. The fraction of sp³-hybridized carbons (Fsp3) is 0.750. The Morgan fingerprint density at radius 3 is 3.00 bits per heavy atom. The zero-order valence-electron chi connectivity index (χ0n) is 8.24. The lowest BCUT2D eigenvalue weighted by Crippen LogP contribution is -2.48. The topological polar surface area (TPSA) is 70.0 Å². The molecule has 0 radical (unpaired) electrons. The third-order valence-corrected chi connectivity index (χ3v) is 0.882. The summed E-state index contributed by atoms with van der Waals surface area (Å²) in [6, 6.07) is -1.85. The molecule has 5 nitrogen and oxygen atoms in total. The summed E-state index contributed by atoms with van der Waals surface area (Å²) in [7, 11) is 0. The van der Waals surface area contributed by atoms with Gasteiger partial charge in [-0.2, -0.15) is 0 Å². The molecule has 1 atom stereocenters. The lowest BCUT2D eigenvalue weighted by Gasteiger charge is -2.31. The van der Waals surface area contributed by atoms with Gasteiger partial charge in [-0.25, -0.2) is 9.80 Å². The molecule has 0 bridgehead atoms. The van der Waals surface area contributed by atoms with Crippen molar-refractivity contribution >= 4 is 5.97 Å². The minimum Gasteiger partial charge on any atom is -0.480 e. The lowest BCUT2D eigenvalue weighted by atomic mass is 10.1. The van der Waals surface area contributed by atoms with Crippen LogP contribution in [0.25, 0.3) is 0 Å². The summed E-state index contributed by atoms with van der Waals surface area (Å²) in [4.78, 5) is 20.4. The number of carboxylic acids is 1. The molecule has 0 amide bonds. The van der Waals surface area contributed by atoms with Gasteiger partial charge in [0.2, 0.25) is 0 Å². The number of nitroso groups, excluding NO2 is 1. The van der Waals surface area contributed by atoms with Gasteiger partial charge in [0.25, 0.3) is 0 Å². The Morgan fingerprint density at radius 1 is 2.00 bits per heavy atom. The first kappa shape index (κ1) is 2.64. The quantitative estimate of drug-likeness (QED) is 0.532. The van der Waals surface area contributed by atoms with Crippen molar-refractivity contribution in [3.05, 3.63) is 4.91 Å². The Kier molecular flexibility index (Phi) is 0.587. The fourth-order valence-electron chi connectivity index (χ4n) is 0.421. The van der Waals surface area contributed by atoms with E-state index < -0.39 is 24.9 Å². The summed E-state index contributed by atoms with van der Waals surface area (Å²) in [5, 5.41) is 10.7. The number of carboxylic acid groups (broad SMARTS) is 1. The highest BCUT2D eigenvalue weighted by Gasteiger charge is 2.34. The maximum Gasteiger partial charge on any atom is 0.328 e. The first-order valence-electron chi connectivity index (χ1n) is 4.12. The van der Waals surface area contributed by atoms with Crippen LogP contribution in [0.1, 0.15) is 11.9 Å². The summed E-state index contributed by atoms with van der Waals surface area (Å²) >= 11 is 0. The van der Waals surface area contributed by atoms with Crippen LogP contribution < -0.4 is 0 Å². The van der Waals surface area contributed by atoms with Gasteiger partial charge in [-0.05, 0) is 6.37 Å². The predicted octanol–water partition coefficient (Wildman–Crippen LogP) is -0.173. The molecule has 1 aliphatic rings. The molecular formula is C4H6N2O3. The molecule has 0 aromatic carbocycles. The molecule has 1 fully saturated rings. The smallest absolute Gasteiger partial charge is 0.328 e. The molecule has 1 saturated heterocycles. The molecule has 0 aliphatic carbocycles. The number of nitrogens with zero attached hydrogens (tertiary/aromatic N) is 2. The summed E-state index contributed by atoms with van der Waals surface area (Å²) < 4.78 is 28.1. The summed E-state index contributed by atoms with van der Waals surface area (Å²) in [5.74, 6) is -1.61. The molecule has 0 aromatic rings. The fourth-order valence-corrected chi connectivity index (χ4v) is 0.421. The highest BCUT2D eigenvalue weighted by atomic mass is 16.4. The van der Waals surface area contributed by atoms with E-state index in [9.17, 15) is 9.70 Å². The number of rotatable bonds is 2. The van der Waals surface area contributed by atoms with Crippen LogP contribution in [0.5, 0.6) is 0 Å². The highest BCUT2D eigenvalue weighted by molar-refractivity contribution is 5.74. The van der Waals surface area contributed by atoms with E-state index in [1.807, 2.05) is 0 Å². The van der Waals surface area contributed by atoms with Gasteiger partial charge in [-0.1, -0.05) is 0 Å². The van der Waals surface area contributed by atoms with Crippen LogP contribution in [0.2, 0.25) is 0 Å². The van der Waals surface area contributed by atoms with Gasteiger partial charge < -0.3 is 5.11 Å². The van der Waals surface area contributed by atoms with E-state index in [4.69, 9.17) is 10.6 Å². The molecule has 1 aliphatic heterocycles. The summed E-state index contributed by atoms with van der Waals surface area (Å²) in [5.41, 5.74) is 0. The molecule has 0 unspecified atom stereocenters. The third-order valence-electron chi connectivity index (χ3n) is 0.882. The van der Waals surface area contributed by atoms with Crippen molar-refractivity contribution in [2.45, 2.75) is 12.4 Å². The van der Waals surface area contributed by atoms with Crippen LogP contribution in [0.15, 0.2) is 5.29 Å². The zero-order chi connectivity index (χ0) is 10.4. The van der Waals surface area contributed by atoms with E-state index in [1.165, 1.54) is 0 Å². The number of hydrogen-bond acceptors (Lipinski definition) is 3. The molecule has 0 aromatic heterocycles. The Balaban J connectivity index is 3.01. The molecule has 1 heterocycles. The molecule has 0 spiro atoms. The summed E-state index contributed by atoms with van der Waals surface area (Å²) in [6.07, 6.45) is -2.60.